The number of amides is 1. The van der Waals surface area contributed by atoms with Gasteiger partial charge in [-0.15, -0.1) is 0 Å². The van der Waals surface area contributed by atoms with Gasteiger partial charge in [0.05, 0.1) is 6.61 Å². The van der Waals surface area contributed by atoms with Crippen molar-refractivity contribution >= 4 is 5.91 Å². The Labute approximate surface area is 364 Å². The van der Waals surface area contributed by atoms with Crippen LogP contribution in [0, 0.1) is 11.8 Å². The lowest BCUT2D eigenvalue weighted by Crippen LogP contribution is -2.28. The van der Waals surface area contributed by atoms with E-state index in [2.05, 4.69) is 37.9 Å². The number of hydrogen-bond acceptors (Lipinski definition) is 5. The molecule has 6 heteroatoms. The van der Waals surface area contributed by atoms with Gasteiger partial charge < -0.3 is 24.4 Å². The largest absolute Gasteiger partial charge is 0.381 e. The standard InChI is InChI=1S/C52H106N2O4/c1-6-10-14-18-21-29-39-51(38-28-20-16-12-8-3)47-56-45-35-25-23-32-42-54(44-34-31-41-53-50(5)55)43-33-24-26-36-46-57-49-58-48-52(37-27-17-13-9-4)40-30-22-19-15-11-7-2/h51-52H,6-49H2,1-5H3,(H,53,55). The van der Waals surface area contributed by atoms with Crippen molar-refractivity contribution in [3.8, 4) is 0 Å². The molecule has 0 aliphatic rings. The normalized spacial score (nSPS) is 12.8. The van der Waals surface area contributed by atoms with Crippen molar-refractivity contribution in [1.29, 1.82) is 0 Å². The van der Waals surface area contributed by atoms with Gasteiger partial charge >= 0.3 is 0 Å². The zero-order valence-corrected chi connectivity index (χ0v) is 40.3. The van der Waals surface area contributed by atoms with E-state index in [4.69, 9.17) is 14.2 Å². The molecule has 2 unspecified atom stereocenters. The van der Waals surface area contributed by atoms with Crippen LogP contribution in [0.25, 0.3) is 0 Å². The summed E-state index contributed by atoms with van der Waals surface area (Å²) >= 11 is 0. The van der Waals surface area contributed by atoms with Crippen LogP contribution in [0.5, 0.6) is 0 Å². The maximum Gasteiger partial charge on any atom is 0.216 e. The predicted molar refractivity (Wildman–Crippen MR) is 254 cm³/mol. The van der Waals surface area contributed by atoms with E-state index in [0.717, 1.165) is 64.7 Å². The summed E-state index contributed by atoms with van der Waals surface area (Å²) in [5.41, 5.74) is 0. The number of ether oxygens (including phenoxy) is 3. The van der Waals surface area contributed by atoms with E-state index in [1.807, 2.05) is 0 Å². The third kappa shape index (κ3) is 44.9. The van der Waals surface area contributed by atoms with Crippen molar-refractivity contribution in [1.82, 2.24) is 10.2 Å². The van der Waals surface area contributed by atoms with Crippen LogP contribution < -0.4 is 5.32 Å². The molecule has 0 radical (unpaired) electrons. The Kier molecular flexibility index (Phi) is 48.4. The Bertz CT molecular complexity index is 782. The summed E-state index contributed by atoms with van der Waals surface area (Å²) in [4.78, 5) is 14.0. The molecule has 0 aromatic heterocycles. The van der Waals surface area contributed by atoms with Crippen LogP contribution >= 0.6 is 0 Å². The van der Waals surface area contributed by atoms with Crippen LogP contribution in [0.3, 0.4) is 0 Å². The van der Waals surface area contributed by atoms with Gasteiger partial charge in [0.25, 0.3) is 0 Å². The molecule has 0 fully saturated rings. The first-order valence-corrected chi connectivity index (χ1v) is 26.3. The number of unbranched alkanes of at least 4 members (excludes halogenated alkanes) is 24. The fourth-order valence-electron chi connectivity index (χ4n) is 8.37. The molecule has 1 amide bonds. The SMILES string of the molecule is CCCCCCCCC(CCCCCCC)COCCCCCCN(CCCCCCOCOCC(CCCCCC)CCCCCCCC)CCCCNC(C)=O. The third-order valence-electron chi connectivity index (χ3n) is 12.3. The van der Waals surface area contributed by atoms with Gasteiger partial charge in [0.1, 0.15) is 6.79 Å². The minimum Gasteiger partial charge on any atom is -0.381 e. The Morgan fingerprint density at radius 3 is 1.21 bits per heavy atom. The average Bonchev–Trinajstić information content (AvgIpc) is 3.22. The molecule has 0 aromatic rings. The van der Waals surface area contributed by atoms with Crippen molar-refractivity contribution < 1.29 is 19.0 Å². The lowest BCUT2D eigenvalue weighted by molar-refractivity contribution is -0.118. The van der Waals surface area contributed by atoms with E-state index in [9.17, 15) is 4.79 Å². The number of carbonyl (C=O) groups is 1. The molecule has 348 valence electrons. The number of nitrogens with zero attached hydrogens (tertiary/aromatic N) is 1. The molecule has 6 nitrogen and oxygen atoms in total. The highest BCUT2D eigenvalue weighted by Crippen LogP contribution is 2.21. The fraction of sp³-hybridized carbons (Fsp3) is 0.981. The Morgan fingerprint density at radius 2 is 0.759 bits per heavy atom. The van der Waals surface area contributed by atoms with Gasteiger partial charge in [-0.25, -0.2) is 0 Å². The summed E-state index contributed by atoms with van der Waals surface area (Å²) in [6.07, 6.45) is 46.4. The molecule has 0 saturated carbocycles. The maximum atomic E-state index is 11.3. The predicted octanol–water partition coefficient (Wildman–Crippen LogP) is 15.4. The van der Waals surface area contributed by atoms with Gasteiger partial charge in [-0.3, -0.25) is 4.79 Å². The first-order chi connectivity index (χ1) is 28.6. The highest BCUT2D eigenvalue weighted by atomic mass is 16.7. The quantitative estimate of drug-likeness (QED) is 0.0489. The second-order valence-corrected chi connectivity index (χ2v) is 18.2. The average molecular weight is 823 g/mol. The molecule has 58 heavy (non-hydrogen) atoms. The number of carbonyl (C=O) groups excluding carboxylic acids is 1. The molecular weight excluding hydrogens is 717 g/mol. The van der Waals surface area contributed by atoms with Crippen molar-refractivity contribution in [2.45, 2.75) is 259 Å². The molecule has 1 N–H and O–H groups in total. The van der Waals surface area contributed by atoms with E-state index < -0.39 is 0 Å². The second-order valence-electron chi connectivity index (χ2n) is 18.2. The maximum absolute atomic E-state index is 11.3. The van der Waals surface area contributed by atoms with Gasteiger partial charge in [0.15, 0.2) is 0 Å². The summed E-state index contributed by atoms with van der Waals surface area (Å²) in [6, 6.07) is 0. The number of nitrogens with one attached hydrogen (secondary N) is 1. The Morgan fingerprint density at radius 1 is 0.414 bits per heavy atom. The first kappa shape index (κ1) is 57.3. The Balaban J connectivity index is 4.31. The van der Waals surface area contributed by atoms with Crippen LogP contribution in [0.2, 0.25) is 0 Å². The number of hydrogen-bond donors (Lipinski definition) is 1. The molecular formula is C52H106N2O4. The first-order valence-electron chi connectivity index (χ1n) is 26.3. The number of rotatable bonds is 50. The highest BCUT2D eigenvalue weighted by Gasteiger charge is 2.11. The second kappa shape index (κ2) is 49.0. The molecule has 2 atom stereocenters. The molecule has 0 saturated heterocycles. The van der Waals surface area contributed by atoms with Crippen molar-refractivity contribution in [3.05, 3.63) is 0 Å². The fourth-order valence-corrected chi connectivity index (χ4v) is 8.37. The van der Waals surface area contributed by atoms with Crippen LogP contribution in [0.1, 0.15) is 259 Å². The van der Waals surface area contributed by atoms with E-state index >= 15 is 0 Å². The Hall–Kier alpha value is -0.690. The summed E-state index contributed by atoms with van der Waals surface area (Å²) < 4.78 is 18.3. The van der Waals surface area contributed by atoms with E-state index in [1.54, 1.807) is 6.92 Å². The highest BCUT2D eigenvalue weighted by molar-refractivity contribution is 5.72. The van der Waals surface area contributed by atoms with Gasteiger partial charge in [-0.2, -0.15) is 0 Å². The molecule has 0 aliphatic heterocycles. The van der Waals surface area contributed by atoms with Crippen LogP contribution in [0.15, 0.2) is 0 Å². The smallest absolute Gasteiger partial charge is 0.216 e. The van der Waals surface area contributed by atoms with Crippen LogP contribution in [-0.2, 0) is 19.0 Å². The molecule has 0 heterocycles. The van der Waals surface area contributed by atoms with Gasteiger partial charge in [0, 0.05) is 33.3 Å². The van der Waals surface area contributed by atoms with Gasteiger partial charge in [-0.05, 0) is 95.7 Å². The zero-order valence-electron chi connectivity index (χ0n) is 40.3. The van der Waals surface area contributed by atoms with E-state index in [-0.39, 0.29) is 5.91 Å². The molecule has 0 bridgehead atoms. The third-order valence-corrected chi connectivity index (χ3v) is 12.3. The van der Waals surface area contributed by atoms with E-state index in [1.165, 1.54) is 219 Å². The van der Waals surface area contributed by atoms with Crippen LogP contribution in [0.4, 0.5) is 0 Å². The summed E-state index contributed by atoms with van der Waals surface area (Å²) in [7, 11) is 0. The monoisotopic (exact) mass is 823 g/mol. The summed E-state index contributed by atoms with van der Waals surface area (Å²) in [5.74, 6) is 1.55. The van der Waals surface area contributed by atoms with Crippen LogP contribution in [-0.4, -0.2) is 70.2 Å². The molecule has 0 spiro atoms. The molecule has 0 rings (SSSR count). The lowest BCUT2D eigenvalue weighted by atomic mass is 9.95. The van der Waals surface area contributed by atoms with Crippen molar-refractivity contribution in [3.63, 3.8) is 0 Å². The minimum absolute atomic E-state index is 0.0811. The summed E-state index contributed by atoms with van der Waals surface area (Å²) in [5, 5.41) is 2.97. The molecule has 0 aromatic carbocycles. The van der Waals surface area contributed by atoms with Crippen molar-refractivity contribution in [2.24, 2.45) is 11.8 Å². The van der Waals surface area contributed by atoms with Gasteiger partial charge in [0.2, 0.25) is 5.91 Å². The van der Waals surface area contributed by atoms with Crippen molar-refractivity contribution in [2.75, 3.05) is 59.4 Å². The lowest BCUT2D eigenvalue weighted by Gasteiger charge is -2.22. The zero-order chi connectivity index (χ0) is 42.3. The topological polar surface area (TPSA) is 60.0 Å². The minimum atomic E-state index is 0.0811. The van der Waals surface area contributed by atoms with E-state index in [0.29, 0.717) is 12.7 Å². The molecule has 0 aliphatic carbocycles. The van der Waals surface area contributed by atoms with Gasteiger partial charge in [-0.1, -0.05) is 188 Å². The summed E-state index contributed by atoms with van der Waals surface area (Å²) in [6.45, 7) is 19.2.